The van der Waals surface area contributed by atoms with Crippen molar-refractivity contribution in [2.24, 2.45) is 0 Å². The van der Waals surface area contributed by atoms with Gasteiger partial charge in [0.2, 0.25) is 0 Å². The summed E-state index contributed by atoms with van der Waals surface area (Å²) in [6.45, 7) is 0. The van der Waals surface area contributed by atoms with Gasteiger partial charge >= 0.3 is 0 Å². The summed E-state index contributed by atoms with van der Waals surface area (Å²) in [5.74, 6) is -0.880. The van der Waals surface area contributed by atoms with Gasteiger partial charge in [0.05, 0.1) is 0 Å². The molecule has 0 saturated carbocycles. The summed E-state index contributed by atoms with van der Waals surface area (Å²) in [4.78, 5) is 11.2. The van der Waals surface area contributed by atoms with Crippen LogP contribution >= 0.6 is 11.6 Å². The molecule has 0 aliphatic carbocycles. The summed E-state index contributed by atoms with van der Waals surface area (Å²) in [5, 5.41) is -0.677. The van der Waals surface area contributed by atoms with Crippen LogP contribution in [0, 0.1) is 11.6 Å². The minimum atomic E-state index is -0.677. The van der Waals surface area contributed by atoms with Gasteiger partial charge in [0.25, 0.3) is 5.24 Å². The van der Waals surface area contributed by atoms with Gasteiger partial charge in [-0.05, 0) is 53.1 Å². The van der Waals surface area contributed by atoms with E-state index in [1.165, 1.54) is 36.4 Å². The molecule has 0 fully saturated rings. The molecule has 0 radical (unpaired) electrons. The summed E-state index contributed by atoms with van der Waals surface area (Å²) in [6, 6.07) is 9.07. The molecule has 0 spiro atoms. The molecule has 1 nitrogen and oxygen atoms in total. The molecule has 0 N–H and O–H groups in total. The monoisotopic (exact) mass is 252 g/mol. The standard InChI is InChI=1S/C13H7ClF2O/c14-13(17)11-6-5-10(16)7-12(11)8-1-3-9(15)4-2-8/h1-7H. The zero-order valence-electron chi connectivity index (χ0n) is 8.58. The van der Waals surface area contributed by atoms with E-state index in [0.717, 1.165) is 6.07 Å². The number of hydrogen-bond donors (Lipinski definition) is 0. The molecule has 0 amide bonds. The maximum Gasteiger partial charge on any atom is 0.253 e. The van der Waals surface area contributed by atoms with Crippen molar-refractivity contribution >= 4 is 16.8 Å². The van der Waals surface area contributed by atoms with E-state index in [2.05, 4.69) is 0 Å². The Morgan fingerprint density at radius 3 is 2.12 bits per heavy atom. The number of carbonyl (C=O) groups excluding carboxylic acids is 1. The lowest BCUT2D eigenvalue weighted by Crippen LogP contribution is -1.94. The van der Waals surface area contributed by atoms with E-state index in [1.54, 1.807) is 0 Å². The minimum absolute atomic E-state index is 0.194. The highest BCUT2D eigenvalue weighted by atomic mass is 35.5. The molecule has 0 atom stereocenters. The predicted molar refractivity (Wildman–Crippen MR) is 62.0 cm³/mol. The summed E-state index contributed by atoms with van der Waals surface area (Å²) >= 11 is 5.41. The largest absolute Gasteiger partial charge is 0.276 e. The zero-order valence-corrected chi connectivity index (χ0v) is 9.34. The summed E-state index contributed by atoms with van der Waals surface area (Å²) in [7, 11) is 0. The van der Waals surface area contributed by atoms with Gasteiger partial charge in [-0.2, -0.15) is 0 Å². The van der Waals surface area contributed by atoms with Crippen LogP contribution in [-0.2, 0) is 0 Å². The molecule has 2 aromatic carbocycles. The Balaban J connectivity index is 2.60. The number of rotatable bonds is 2. The molecule has 2 rings (SSSR count). The van der Waals surface area contributed by atoms with Crippen LogP contribution < -0.4 is 0 Å². The highest BCUT2D eigenvalue weighted by Gasteiger charge is 2.11. The van der Waals surface area contributed by atoms with Crippen molar-refractivity contribution in [3.8, 4) is 11.1 Å². The lowest BCUT2D eigenvalue weighted by atomic mass is 10.0. The Labute approximate surface area is 102 Å². The molecule has 0 saturated heterocycles. The van der Waals surface area contributed by atoms with Crippen LogP contribution in [0.15, 0.2) is 42.5 Å². The van der Waals surface area contributed by atoms with E-state index in [4.69, 9.17) is 11.6 Å². The molecule has 0 aliphatic heterocycles. The van der Waals surface area contributed by atoms with Crippen molar-refractivity contribution in [2.75, 3.05) is 0 Å². The zero-order chi connectivity index (χ0) is 12.4. The topological polar surface area (TPSA) is 17.1 Å². The van der Waals surface area contributed by atoms with Crippen molar-refractivity contribution in [1.82, 2.24) is 0 Å². The van der Waals surface area contributed by atoms with Crippen molar-refractivity contribution < 1.29 is 13.6 Å². The van der Waals surface area contributed by atoms with Gasteiger partial charge < -0.3 is 0 Å². The van der Waals surface area contributed by atoms with E-state index in [9.17, 15) is 13.6 Å². The number of benzene rings is 2. The Bertz CT molecular complexity index is 564. The summed E-state index contributed by atoms with van der Waals surface area (Å²) < 4.78 is 25.9. The van der Waals surface area contributed by atoms with Crippen LogP contribution in [0.4, 0.5) is 8.78 Å². The normalized spacial score (nSPS) is 10.3. The van der Waals surface area contributed by atoms with Crippen LogP contribution in [0.1, 0.15) is 10.4 Å². The second-order valence-electron chi connectivity index (χ2n) is 3.47. The minimum Gasteiger partial charge on any atom is -0.276 e. The molecule has 0 bridgehead atoms. The smallest absolute Gasteiger partial charge is 0.253 e. The lowest BCUT2D eigenvalue weighted by Gasteiger charge is -2.06. The molecule has 0 aliphatic rings. The fourth-order valence-corrected chi connectivity index (χ4v) is 1.72. The summed E-state index contributed by atoms with van der Waals surface area (Å²) in [5.41, 5.74) is 1.08. The van der Waals surface area contributed by atoms with Crippen LogP contribution in [0.5, 0.6) is 0 Å². The first-order valence-corrected chi connectivity index (χ1v) is 5.21. The Kier molecular flexibility index (Phi) is 3.20. The van der Waals surface area contributed by atoms with Crippen molar-refractivity contribution in [2.45, 2.75) is 0 Å². The highest BCUT2D eigenvalue weighted by molar-refractivity contribution is 6.68. The van der Waals surface area contributed by atoms with E-state index < -0.39 is 16.9 Å². The van der Waals surface area contributed by atoms with Gasteiger partial charge in [0.1, 0.15) is 11.6 Å². The molecular formula is C13H7ClF2O. The summed E-state index contributed by atoms with van der Waals surface area (Å²) in [6.07, 6.45) is 0. The fourth-order valence-electron chi connectivity index (χ4n) is 1.56. The SMILES string of the molecule is O=C(Cl)c1ccc(F)cc1-c1ccc(F)cc1. The highest BCUT2D eigenvalue weighted by Crippen LogP contribution is 2.26. The molecule has 86 valence electrons. The Hall–Kier alpha value is -1.74. The Morgan fingerprint density at radius 2 is 1.53 bits per heavy atom. The van der Waals surface area contributed by atoms with E-state index in [1.807, 2.05) is 0 Å². The molecule has 4 heteroatoms. The van der Waals surface area contributed by atoms with Crippen LogP contribution in [-0.4, -0.2) is 5.24 Å². The maximum absolute atomic E-state index is 13.1. The molecule has 0 unspecified atom stereocenters. The van der Waals surface area contributed by atoms with Crippen molar-refractivity contribution in [1.29, 1.82) is 0 Å². The lowest BCUT2D eigenvalue weighted by molar-refractivity contribution is 0.108. The van der Waals surface area contributed by atoms with Crippen molar-refractivity contribution in [3.05, 3.63) is 59.7 Å². The molecule has 2 aromatic rings. The molecular weight excluding hydrogens is 246 g/mol. The van der Waals surface area contributed by atoms with E-state index >= 15 is 0 Å². The van der Waals surface area contributed by atoms with E-state index in [-0.39, 0.29) is 5.56 Å². The first-order valence-electron chi connectivity index (χ1n) is 4.83. The fraction of sp³-hybridized carbons (Fsp3) is 0. The van der Waals surface area contributed by atoms with Gasteiger partial charge in [0.15, 0.2) is 0 Å². The first-order chi connectivity index (χ1) is 8.08. The third kappa shape index (κ3) is 2.50. The number of carbonyl (C=O) groups is 1. The molecule has 0 aromatic heterocycles. The van der Waals surface area contributed by atoms with Gasteiger partial charge in [-0.15, -0.1) is 0 Å². The average Bonchev–Trinajstić information content (AvgIpc) is 2.29. The second kappa shape index (κ2) is 4.63. The van der Waals surface area contributed by atoms with Gasteiger partial charge in [0, 0.05) is 5.56 Å². The number of halogens is 3. The van der Waals surface area contributed by atoms with Gasteiger partial charge in [-0.3, -0.25) is 4.79 Å². The second-order valence-corrected chi connectivity index (χ2v) is 3.81. The van der Waals surface area contributed by atoms with Crippen LogP contribution in [0.2, 0.25) is 0 Å². The average molecular weight is 253 g/mol. The van der Waals surface area contributed by atoms with E-state index in [0.29, 0.717) is 11.1 Å². The molecule has 0 heterocycles. The number of hydrogen-bond acceptors (Lipinski definition) is 1. The van der Waals surface area contributed by atoms with Gasteiger partial charge in [-0.25, -0.2) is 8.78 Å². The van der Waals surface area contributed by atoms with Crippen molar-refractivity contribution in [3.63, 3.8) is 0 Å². The van der Waals surface area contributed by atoms with Crippen LogP contribution in [0.3, 0.4) is 0 Å². The molecule has 17 heavy (non-hydrogen) atoms. The first kappa shape index (κ1) is 11.7. The van der Waals surface area contributed by atoms with Crippen LogP contribution in [0.25, 0.3) is 11.1 Å². The van der Waals surface area contributed by atoms with Gasteiger partial charge in [-0.1, -0.05) is 12.1 Å². The Morgan fingerprint density at radius 1 is 0.941 bits per heavy atom. The maximum atomic E-state index is 13.1. The quantitative estimate of drug-likeness (QED) is 0.738. The predicted octanol–water partition coefficient (Wildman–Crippen LogP) is 4.01. The third-order valence-electron chi connectivity index (χ3n) is 2.35. The third-order valence-corrected chi connectivity index (χ3v) is 2.55.